The molecule has 0 fully saturated rings. The molecule has 0 aliphatic rings. The number of nitro benzene ring substituents is 2. The molecule has 0 heterocycles. The lowest BCUT2D eigenvalue weighted by atomic mass is 10.1. The minimum Gasteiger partial charge on any atom is -0.271 e. The Bertz CT molecular complexity index is 851. The zero-order chi connectivity index (χ0) is 17.9. The van der Waals surface area contributed by atoms with Crippen LogP contribution in [0.5, 0.6) is 0 Å². The molecule has 9 heteroatoms. The second kappa shape index (κ2) is 7.18. The lowest BCUT2D eigenvalue weighted by molar-refractivity contribution is -0.393. The number of nitrogens with zero attached hydrogens (tertiary/aromatic N) is 3. The molecule has 24 heavy (non-hydrogen) atoms. The molecular weight excluding hydrogens is 380 g/mol. The minimum absolute atomic E-state index is 0.0822. The summed E-state index contributed by atoms with van der Waals surface area (Å²) in [6, 6.07) is 9.02. The maximum absolute atomic E-state index is 11.1. The van der Waals surface area contributed by atoms with Crippen molar-refractivity contribution >= 4 is 38.7 Å². The van der Waals surface area contributed by atoms with E-state index in [0.29, 0.717) is 5.71 Å². The quantitative estimate of drug-likeness (QED) is 0.460. The predicted octanol–water partition coefficient (Wildman–Crippen LogP) is 4.41. The summed E-state index contributed by atoms with van der Waals surface area (Å²) in [7, 11) is 0. The number of benzene rings is 2. The van der Waals surface area contributed by atoms with E-state index in [9.17, 15) is 20.2 Å². The highest BCUT2D eigenvalue weighted by Gasteiger charge is 2.19. The molecule has 0 saturated carbocycles. The van der Waals surface area contributed by atoms with E-state index in [1.165, 1.54) is 12.1 Å². The van der Waals surface area contributed by atoms with Crippen molar-refractivity contribution in [1.29, 1.82) is 0 Å². The lowest BCUT2D eigenvalue weighted by Crippen LogP contribution is -2.02. The second-order valence-electron chi connectivity index (χ2n) is 4.99. The molecule has 8 nitrogen and oxygen atoms in total. The van der Waals surface area contributed by atoms with Crippen LogP contribution in [0.4, 0.5) is 17.1 Å². The average Bonchev–Trinajstić information content (AvgIpc) is 2.54. The molecule has 2 aromatic carbocycles. The van der Waals surface area contributed by atoms with Gasteiger partial charge < -0.3 is 0 Å². The van der Waals surface area contributed by atoms with Gasteiger partial charge in [0.2, 0.25) is 0 Å². The summed E-state index contributed by atoms with van der Waals surface area (Å²) in [4.78, 5) is 20.4. The first-order chi connectivity index (χ1) is 11.3. The van der Waals surface area contributed by atoms with Crippen molar-refractivity contribution in [3.8, 4) is 0 Å². The first-order valence-electron chi connectivity index (χ1n) is 6.79. The number of aryl methyl sites for hydroxylation is 1. The van der Waals surface area contributed by atoms with E-state index >= 15 is 0 Å². The Balaban J connectivity index is 2.31. The second-order valence-corrected chi connectivity index (χ2v) is 5.84. The van der Waals surface area contributed by atoms with Crippen molar-refractivity contribution in [2.45, 2.75) is 13.8 Å². The van der Waals surface area contributed by atoms with Crippen molar-refractivity contribution in [2.75, 3.05) is 5.43 Å². The van der Waals surface area contributed by atoms with Gasteiger partial charge in [-0.3, -0.25) is 25.7 Å². The zero-order valence-electron chi connectivity index (χ0n) is 12.8. The number of hydrazone groups is 1. The van der Waals surface area contributed by atoms with E-state index in [-0.39, 0.29) is 11.4 Å². The number of rotatable bonds is 5. The fourth-order valence-electron chi connectivity index (χ4n) is 1.96. The average molecular weight is 393 g/mol. The van der Waals surface area contributed by atoms with Gasteiger partial charge in [0.15, 0.2) is 0 Å². The Morgan fingerprint density at radius 2 is 1.83 bits per heavy atom. The first kappa shape index (κ1) is 17.5. The molecule has 0 aliphatic carbocycles. The van der Waals surface area contributed by atoms with E-state index in [0.717, 1.165) is 21.7 Å². The number of nitro groups is 2. The molecule has 1 N–H and O–H groups in total. The van der Waals surface area contributed by atoms with Gasteiger partial charge in [0.05, 0.1) is 21.6 Å². The van der Waals surface area contributed by atoms with Crippen LogP contribution in [0.1, 0.15) is 18.1 Å². The van der Waals surface area contributed by atoms with E-state index in [4.69, 9.17) is 0 Å². The maximum Gasteiger partial charge on any atom is 0.301 e. The number of anilines is 1. The molecule has 0 bridgehead atoms. The highest BCUT2D eigenvalue weighted by Crippen LogP contribution is 2.29. The normalized spacial score (nSPS) is 11.2. The summed E-state index contributed by atoms with van der Waals surface area (Å²) < 4.78 is 0.970. The Hall–Kier alpha value is -2.81. The Morgan fingerprint density at radius 1 is 1.12 bits per heavy atom. The van der Waals surface area contributed by atoms with Crippen molar-refractivity contribution in [1.82, 2.24) is 0 Å². The van der Waals surface area contributed by atoms with Gasteiger partial charge in [-0.2, -0.15) is 5.10 Å². The van der Waals surface area contributed by atoms with Crippen molar-refractivity contribution in [3.05, 3.63) is 72.2 Å². The van der Waals surface area contributed by atoms with Crippen LogP contribution in [0.15, 0.2) is 46.0 Å². The lowest BCUT2D eigenvalue weighted by Gasteiger charge is -2.06. The summed E-state index contributed by atoms with van der Waals surface area (Å²) in [5.41, 5.74) is 4.44. The van der Waals surface area contributed by atoms with Gasteiger partial charge in [-0.05, 0) is 43.2 Å². The molecular formula is C15H13BrN4O4. The monoisotopic (exact) mass is 392 g/mol. The molecule has 0 aromatic heterocycles. The third-order valence-corrected chi connectivity index (χ3v) is 4.20. The summed E-state index contributed by atoms with van der Waals surface area (Å²) >= 11 is 3.41. The van der Waals surface area contributed by atoms with Gasteiger partial charge >= 0.3 is 5.69 Å². The molecule has 0 radical (unpaired) electrons. The highest BCUT2D eigenvalue weighted by atomic mass is 79.9. The van der Waals surface area contributed by atoms with Gasteiger partial charge in [-0.25, -0.2) is 0 Å². The zero-order valence-corrected chi connectivity index (χ0v) is 14.4. The summed E-state index contributed by atoms with van der Waals surface area (Å²) in [5.74, 6) is 0. The van der Waals surface area contributed by atoms with Gasteiger partial charge in [0.25, 0.3) is 5.69 Å². The van der Waals surface area contributed by atoms with Crippen LogP contribution < -0.4 is 5.43 Å². The van der Waals surface area contributed by atoms with Crippen LogP contribution in [0.3, 0.4) is 0 Å². The van der Waals surface area contributed by atoms with E-state index < -0.39 is 15.5 Å². The smallest absolute Gasteiger partial charge is 0.271 e. The van der Waals surface area contributed by atoms with Crippen LogP contribution in [-0.4, -0.2) is 15.6 Å². The van der Waals surface area contributed by atoms with E-state index in [2.05, 4.69) is 26.5 Å². The number of halogens is 1. The number of non-ortho nitro benzene ring substituents is 1. The number of hydrogen-bond donors (Lipinski definition) is 1. The predicted molar refractivity (Wildman–Crippen MR) is 94.5 cm³/mol. The van der Waals surface area contributed by atoms with Crippen LogP contribution >= 0.6 is 15.9 Å². The van der Waals surface area contributed by atoms with Gasteiger partial charge in [-0.15, -0.1) is 0 Å². The summed E-state index contributed by atoms with van der Waals surface area (Å²) in [6.07, 6.45) is 0. The fourth-order valence-corrected chi connectivity index (χ4v) is 2.20. The van der Waals surface area contributed by atoms with Crippen molar-refractivity contribution < 1.29 is 9.85 Å². The van der Waals surface area contributed by atoms with Crippen LogP contribution in [0.25, 0.3) is 0 Å². The van der Waals surface area contributed by atoms with Crippen LogP contribution in [0.2, 0.25) is 0 Å². The molecule has 2 rings (SSSR count). The van der Waals surface area contributed by atoms with Crippen LogP contribution in [0, 0.1) is 27.2 Å². The standard InChI is InChI=1S/C15H13BrN4O4/c1-9-7-11(3-5-13(9)16)10(2)17-18-14-6-4-12(19(21)22)8-15(14)20(23)24/h3-8,18H,1-2H3/b17-10-. The highest BCUT2D eigenvalue weighted by molar-refractivity contribution is 9.10. The largest absolute Gasteiger partial charge is 0.301 e. The Morgan fingerprint density at radius 3 is 2.42 bits per heavy atom. The van der Waals surface area contributed by atoms with Crippen molar-refractivity contribution in [3.63, 3.8) is 0 Å². The molecule has 0 saturated heterocycles. The molecule has 0 aliphatic heterocycles. The van der Waals surface area contributed by atoms with Gasteiger partial charge in [0, 0.05) is 10.5 Å². The fraction of sp³-hybridized carbons (Fsp3) is 0.133. The number of nitrogens with one attached hydrogen (secondary N) is 1. The maximum atomic E-state index is 11.1. The number of hydrogen-bond acceptors (Lipinski definition) is 6. The van der Waals surface area contributed by atoms with E-state index in [1.54, 1.807) is 6.92 Å². The Labute approximate surface area is 145 Å². The third kappa shape index (κ3) is 3.93. The van der Waals surface area contributed by atoms with Gasteiger partial charge in [-0.1, -0.05) is 22.0 Å². The van der Waals surface area contributed by atoms with Gasteiger partial charge in [0.1, 0.15) is 5.69 Å². The molecule has 2 aromatic rings. The SMILES string of the molecule is C/C(=N/Nc1ccc([N+](=O)[O-])cc1[N+](=O)[O-])c1ccc(Br)c(C)c1. The molecule has 124 valence electrons. The van der Waals surface area contributed by atoms with Crippen molar-refractivity contribution in [2.24, 2.45) is 5.10 Å². The third-order valence-electron chi connectivity index (χ3n) is 3.31. The molecule has 0 atom stereocenters. The Kier molecular flexibility index (Phi) is 5.24. The van der Waals surface area contributed by atoms with E-state index in [1.807, 2.05) is 25.1 Å². The first-order valence-corrected chi connectivity index (χ1v) is 7.58. The molecule has 0 unspecified atom stereocenters. The summed E-state index contributed by atoms with van der Waals surface area (Å²) in [6.45, 7) is 3.70. The molecule has 0 amide bonds. The summed E-state index contributed by atoms with van der Waals surface area (Å²) in [5, 5.41) is 25.9. The topological polar surface area (TPSA) is 111 Å². The molecule has 0 spiro atoms. The minimum atomic E-state index is -0.691. The van der Waals surface area contributed by atoms with Crippen LogP contribution in [-0.2, 0) is 0 Å².